The second-order valence-corrected chi connectivity index (χ2v) is 3.71. The van der Waals surface area contributed by atoms with Crippen LogP contribution < -0.4 is 11.3 Å². The number of hydrogen-bond acceptors (Lipinski definition) is 5. The molecule has 1 rings (SSSR count). The second kappa shape index (κ2) is 8.52. The predicted octanol–water partition coefficient (Wildman–Crippen LogP) is 0.566. The SMILES string of the molecule is COCCOCCC(NN)C1=CCCCO1. The van der Waals surface area contributed by atoms with E-state index in [9.17, 15) is 0 Å². The third kappa shape index (κ3) is 4.94. The summed E-state index contributed by atoms with van der Waals surface area (Å²) in [5, 5.41) is 0. The van der Waals surface area contributed by atoms with Crippen molar-refractivity contribution in [3.8, 4) is 0 Å². The average molecular weight is 230 g/mol. The first kappa shape index (κ1) is 13.4. The first-order valence-electron chi connectivity index (χ1n) is 5.74. The van der Waals surface area contributed by atoms with Gasteiger partial charge in [-0.3, -0.25) is 5.84 Å². The Labute approximate surface area is 96.9 Å². The first-order valence-corrected chi connectivity index (χ1v) is 5.74. The minimum absolute atomic E-state index is 0.0582. The van der Waals surface area contributed by atoms with Gasteiger partial charge in [-0.15, -0.1) is 0 Å². The molecule has 16 heavy (non-hydrogen) atoms. The van der Waals surface area contributed by atoms with Gasteiger partial charge >= 0.3 is 0 Å². The van der Waals surface area contributed by atoms with E-state index in [4.69, 9.17) is 20.1 Å². The van der Waals surface area contributed by atoms with Crippen LogP contribution in [0.1, 0.15) is 19.3 Å². The van der Waals surface area contributed by atoms with Crippen molar-refractivity contribution >= 4 is 0 Å². The van der Waals surface area contributed by atoms with Gasteiger partial charge in [-0.1, -0.05) is 0 Å². The second-order valence-electron chi connectivity index (χ2n) is 3.71. The number of nitrogens with two attached hydrogens (primary N) is 1. The number of nitrogens with one attached hydrogen (secondary N) is 1. The van der Waals surface area contributed by atoms with E-state index in [0.29, 0.717) is 19.8 Å². The molecule has 94 valence electrons. The Hall–Kier alpha value is -0.620. The Morgan fingerprint density at radius 1 is 1.50 bits per heavy atom. The fraction of sp³-hybridized carbons (Fsp3) is 0.818. The quantitative estimate of drug-likeness (QED) is 0.362. The van der Waals surface area contributed by atoms with Crippen LogP contribution in [0.4, 0.5) is 0 Å². The van der Waals surface area contributed by atoms with Crippen molar-refractivity contribution in [3.05, 3.63) is 11.8 Å². The first-order chi connectivity index (χ1) is 7.88. The van der Waals surface area contributed by atoms with E-state index in [0.717, 1.165) is 31.6 Å². The molecule has 1 aliphatic rings. The minimum atomic E-state index is 0.0582. The maximum atomic E-state index is 5.55. The molecule has 0 amide bonds. The van der Waals surface area contributed by atoms with Crippen LogP contribution in [0, 0.1) is 0 Å². The van der Waals surface area contributed by atoms with Gasteiger partial charge in [0, 0.05) is 13.7 Å². The highest BCUT2D eigenvalue weighted by Crippen LogP contribution is 2.15. The standard InChI is InChI=1S/C11H22N2O3/c1-14-8-9-15-7-5-10(13-12)11-4-2-3-6-16-11/h4,10,13H,2-3,5-9,12H2,1H3. The van der Waals surface area contributed by atoms with Crippen molar-refractivity contribution in [2.45, 2.75) is 25.3 Å². The van der Waals surface area contributed by atoms with E-state index in [1.165, 1.54) is 0 Å². The third-order valence-electron chi connectivity index (χ3n) is 2.49. The Bertz CT molecular complexity index is 209. The average Bonchev–Trinajstić information content (AvgIpc) is 2.35. The van der Waals surface area contributed by atoms with E-state index >= 15 is 0 Å². The van der Waals surface area contributed by atoms with Gasteiger partial charge in [0.2, 0.25) is 0 Å². The molecule has 5 nitrogen and oxygen atoms in total. The van der Waals surface area contributed by atoms with Crippen molar-refractivity contribution < 1.29 is 14.2 Å². The Morgan fingerprint density at radius 2 is 2.38 bits per heavy atom. The van der Waals surface area contributed by atoms with Gasteiger partial charge in [0.15, 0.2) is 0 Å². The zero-order chi connectivity index (χ0) is 11.6. The molecule has 0 fully saturated rings. The van der Waals surface area contributed by atoms with Gasteiger partial charge < -0.3 is 14.2 Å². The fourth-order valence-electron chi connectivity index (χ4n) is 1.57. The maximum Gasteiger partial charge on any atom is 0.110 e. The van der Waals surface area contributed by atoms with Crippen LogP contribution in [0.15, 0.2) is 11.8 Å². The maximum absolute atomic E-state index is 5.55. The molecule has 3 N–H and O–H groups in total. The molecule has 0 aromatic carbocycles. The van der Waals surface area contributed by atoms with E-state index in [1.54, 1.807) is 7.11 Å². The molecule has 0 aliphatic carbocycles. The topological polar surface area (TPSA) is 65.7 Å². The molecule has 1 heterocycles. The largest absolute Gasteiger partial charge is 0.497 e. The molecule has 1 unspecified atom stereocenters. The lowest BCUT2D eigenvalue weighted by molar-refractivity contribution is 0.0629. The number of rotatable bonds is 8. The number of ether oxygens (including phenoxy) is 3. The fourth-order valence-corrected chi connectivity index (χ4v) is 1.57. The molecule has 0 radical (unpaired) electrons. The number of hydrogen-bond donors (Lipinski definition) is 2. The van der Waals surface area contributed by atoms with Crippen molar-refractivity contribution in [1.82, 2.24) is 5.43 Å². The number of allylic oxidation sites excluding steroid dienone is 1. The van der Waals surface area contributed by atoms with E-state index < -0.39 is 0 Å². The Balaban J connectivity index is 2.18. The monoisotopic (exact) mass is 230 g/mol. The Kier molecular flexibility index (Phi) is 7.16. The lowest BCUT2D eigenvalue weighted by Crippen LogP contribution is -2.39. The molecule has 0 aromatic rings. The van der Waals surface area contributed by atoms with Crippen LogP contribution in [0.2, 0.25) is 0 Å². The predicted molar refractivity (Wildman–Crippen MR) is 61.7 cm³/mol. The van der Waals surface area contributed by atoms with Gasteiger partial charge in [-0.05, 0) is 25.3 Å². The van der Waals surface area contributed by atoms with Crippen LogP contribution in [-0.2, 0) is 14.2 Å². The minimum Gasteiger partial charge on any atom is -0.497 e. The zero-order valence-electron chi connectivity index (χ0n) is 9.91. The Morgan fingerprint density at radius 3 is 3.00 bits per heavy atom. The molecule has 0 spiro atoms. The molecule has 0 saturated heterocycles. The van der Waals surface area contributed by atoms with Crippen LogP contribution in [0.5, 0.6) is 0 Å². The molecule has 1 aliphatic heterocycles. The summed E-state index contributed by atoms with van der Waals surface area (Å²) in [7, 11) is 1.66. The van der Waals surface area contributed by atoms with Gasteiger partial charge in [-0.2, -0.15) is 0 Å². The van der Waals surface area contributed by atoms with Crippen LogP contribution in [-0.4, -0.2) is 39.6 Å². The van der Waals surface area contributed by atoms with Crippen molar-refractivity contribution in [2.24, 2.45) is 5.84 Å². The van der Waals surface area contributed by atoms with Crippen molar-refractivity contribution in [2.75, 3.05) is 33.5 Å². The molecule has 5 heteroatoms. The summed E-state index contributed by atoms with van der Waals surface area (Å²) < 4.78 is 15.8. The molecular formula is C11H22N2O3. The van der Waals surface area contributed by atoms with Gasteiger partial charge in [0.05, 0.1) is 25.9 Å². The molecular weight excluding hydrogens is 208 g/mol. The van der Waals surface area contributed by atoms with Gasteiger partial charge in [-0.25, -0.2) is 5.43 Å². The van der Waals surface area contributed by atoms with Gasteiger partial charge in [0.25, 0.3) is 0 Å². The van der Waals surface area contributed by atoms with Crippen molar-refractivity contribution in [1.29, 1.82) is 0 Å². The van der Waals surface area contributed by atoms with Crippen molar-refractivity contribution in [3.63, 3.8) is 0 Å². The van der Waals surface area contributed by atoms with E-state index in [1.807, 2.05) is 0 Å². The summed E-state index contributed by atoms with van der Waals surface area (Å²) >= 11 is 0. The third-order valence-corrected chi connectivity index (χ3v) is 2.49. The zero-order valence-corrected chi connectivity index (χ0v) is 9.91. The van der Waals surface area contributed by atoms with Crippen LogP contribution >= 0.6 is 0 Å². The summed E-state index contributed by atoms with van der Waals surface area (Å²) in [5.41, 5.74) is 2.76. The highest BCUT2D eigenvalue weighted by molar-refractivity contribution is 5.04. The summed E-state index contributed by atoms with van der Waals surface area (Å²) in [5.74, 6) is 6.44. The number of methoxy groups -OCH3 is 1. The van der Waals surface area contributed by atoms with E-state index in [-0.39, 0.29) is 6.04 Å². The lowest BCUT2D eigenvalue weighted by Gasteiger charge is -2.23. The number of hydrazine groups is 1. The highest BCUT2D eigenvalue weighted by Gasteiger charge is 2.15. The molecule has 0 aromatic heterocycles. The summed E-state index contributed by atoms with van der Waals surface area (Å²) in [4.78, 5) is 0. The van der Waals surface area contributed by atoms with Crippen LogP contribution in [0.3, 0.4) is 0 Å². The van der Waals surface area contributed by atoms with Gasteiger partial charge in [0.1, 0.15) is 5.76 Å². The lowest BCUT2D eigenvalue weighted by atomic mass is 10.1. The van der Waals surface area contributed by atoms with Crippen LogP contribution in [0.25, 0.3) is 0 Å². The summed E-state index contributed by atoms with van der Waals surface area (Å²) in [6, 6.07) is 0.0582. The molecule has 0 bridgehead atoms. The molecule has 0 saturated carbocycles. The highest BCUT2D eigenvalue weighted by atomic mass is 16.5. The normalized spacial score (nSPS) is 17.8. The van der Waals surface area contributed by atoms with E-state index in [2.05, 4.69) is 11.5 Å². The summed E-state index contributed by atoms with van der Waals surface area (Å²) in [6.07, 6.45) is 5.07. The molecule has 1 atom stereocenters. The summed E-state index contributed by atoms with van der Waals surface area (Å²) in [6.45, 7) is 2.68. The smallest absolute Gasteiger partial charge is 0.110 e.